The Balaban J connectivity index is 1.60. The van der Waals surface area contributed by atoms with Gasteiger partial charge in [-0.15, -0.1) is 0 Å². The third kappa shape index (κ3) is 4.24. The first kappa shape index (κ1) is 22.4. The Morgan fingerprint density at radius 1 is 1.23 bits per heavy atom. The van der Waals surface area contributed by atoms with Gasteiger partial charge in [-0.3, -0.25) is 14.5 Å². The first-order valence-corrected chi connectivity index (χ1v) is 11.0. The molecule has 0 aromatic carbocycles. The first-order valence-electron chi connectivity index (χ1n) is 11.0. The highest BCUT2D eigenvalue weighted by Crippen LogP contribution is 2.36. The molecule has 1 saturated heterocycles. The van der Waals surface area contributed by atoms with Crippen molar-refractivity contribution >= 4 is 11.8 Å². The van der Waals surface area contributed by atoms with E-state index in [0.717, 1.165) is 31.4 Å². The van der Waals surface area contributed by atoms with Crippen LogP contribution in [0.1, 0.15) is 61.4 Å². The van der Waals surface area contributed by atoms with Crippen LogP contribution in [0.5, 0.6) is 0 Å². The number of rotatable bonds is 4. The van der Waals surface area contributed by atoms with Crippen LogP contribution in [0.4, 0.5) is 0 Å². The minimum Gasteiger partial charge on any atom is -0.466 e. The zero-order chi connectivity index (χ0) is 22.1. The Morgan fingerprint density at radius 3 is 2.33 bits per heavy atom. The van der Waals surface area contributed by atoms with Gasteiger partial charge in [0, 0.05) is 33.2 Å². The molecule has 0 N–H and O–H groups in total. The van der Waals surface area contributed by atoms with E-state index < -0.39 is 5.54 Å². The van der Waals surface area contributed by atoms with E-state index in [1.165, 1.54) is 0 Å². The fourth-order valence-electron chi connectivity index (χ4n) is 4.74. The highest BCUT2D eigenvalue weighted by molar-refractivity contribution is 5.95. The standard InChI is InChI=1S/C23H34N4O3/c1-16-6-8-23(15-24,9-7-16)25(5)21(28)18(3)26-10-12-27(13-11-26)22(29)20-14-17(2)30-19(20)4/h14,16,18H,6-13H2,1-5H3. The molecule has 7 nitrogen and oxygen atoms in total. The van der Waals surface area contributed by atoms with Crippen LogP contribution in [0, 0.1) is 31.1 Å². The van der Waals surface area contributed by atoms with Gasteiger partial charge < -0.3 is 14.2 Å². The lowest BCUT2D eigenvalue weighted by Crippen LogP contribution is -2.59. The molecule has 2 heterocycles. The molecule has 1 aromatic rings. The third-order valence-electron chi connectivity index (χ3n) is 7.06. The number of hydrogen-bond donors (Lipinski definition) is 0. The molecule has 7 heteroatoms. The van der Waals surface area contributed by atoms with Gasteiger partial charge in [0.2, 0.25) is 5.91 Å². The number of amides is 2. The van der Waals surface area contributed by atoms with E-state index in [-0.39, 0.29) is 17.9 Å². The van der Waals surface area contributed by atoms with Gasteiger partial charge >= 0.3 is 0 Å². The number of hydrogen-bond acceptors (Lipinski definition) is 5. The van der Waals surface area contributed by atoms with Gasteiger partial charge in [-0.05, 0) is 58.4 Å². The quantitative estimate of drug-likeness (QED) is 0.757. The van der Waals surface area contributed by atoms with Gasteiger partial charge in [0.05, 0.1) is 17.7 Å². The van der Waals surface area contributed by atoms with Crippen LogP contribution in [0.15, 0.2) is 10.5 Å². The Kier molecular flexibility index (Phi) is 6.56. The molecule has 1 aromatic heterocycles. The summed E-state index contributed by atoms with van der Waals surface area (Å²) in [7, 11) is 1.78. The van der Waals surface area contributed by atoms with Crippen LogP contribution in [0.2, 0.25) is 0 Å². The molecule has 0 bridgehead atoms. The minimum atomic E-state index is -0.688. The maximum Gasteiger partial charge on any atom is 0.257 e. The maximum absolute atomic E-state index is 13.2. The fourth-order valence-corrected chi connectivity index (χ4v) is 4.74. The highest BCUT2D eigenvalue weighted by Gasteiger charge is 2.42. The lowest BCUT2D eigenvalue weighted by Gasteiger charge is -2.44. The molecule has 164 valence electrons. The number of nitrogens with zero attached hydrogens (tertiary/aromatic N) is 4. The van der Waals surface area contributed by atoms with E-state index in [2.05, 4.69) is 17.9 Å². The summed E-state index contributed by atoms with van der Waals surface area (Å²) in [5.74, 6) is 1.97. The maximum atomic E-state index is 13.2. The molecular weight excluding hydrogens is 380 g/mol. The molecule has 2 aliphatic rings. The lowest BCUT2D eigenvalue weighted by molar-refractivity contribution is -0.141. The summed E-state index contributed by atoms with van der Waals surface area (Å²) in [5.41, 5.74) is -0.0703. The fraction of sp³-hybridized carbons (Fsp3) is 0.696. The summed E-state index contributed by atoms with van der Waals surface area (Å²) in [5, 5.41) is 9.86. The number of furan rings is 1. The zero-order valence-electron chi connectivity index (χ0n) is 18.9. The predicted octanol–water partition coefficient (Wildman–Crippen LogP) is 2.97. The van der Waals surface area contributed by atoms with Gasteiger partial charge in [-0.25, -0.2) is 0 Å². The summed E-state index contributed by atoms with van der Waals surface area (Å²) in [4.78, 5) is 31.7. The Morgan fingerprint density at radius 2 is 1.83 bits per heavy atom. The average Bonchev–Trinajstić information content (AvgIpc) is 3.10. The van der Waals surface area contributed by atoms with Crippen LogP contribution >= 0.6 is 0 Å². The molecule has 1 atom stereocenters. The van der Waals surface area contributed by atoms with Crippen LogP contribution in [0.3, 0.4) is 0 Å². The molecular formula is C23H34N4O3. The van der Waals surface area contributed by atoms with E-state index in [1.54, 1.807) is 18.0 Å². The lowest BCUT2D eigenvalue weighted by atomic mass is 9.77. The van der Waals surface area contributed by atoms with Crippen molar-refractivity contribution in [2.75, 3.05) is 33.2 Å². The zero-order valence-corrected chi connectivity index (χ0v) is 18.9. The molecule has 2 fully saturated rings. The summed E-state index contributed by atoms with van der Waals surface area (Å²) >= 11 is 0. The Hall–Kier alpha value is -2.33. The first-order chi connectivity index (χ1) is 14.2. The molecule has 1 aliphatic carbocycles. The van der Waals surface area contributed by atoms with Crippen LogP contribution in [0.25, 0.3) is 0 Å². The van der Waals surface area contributed by atoms with Crippen molar-refractivity contribution < 1.29 is 14.0 Å². The number of piperazine rings is 1. The van der Waals surface area contributed by atoms with E-state index in [9.17, 15) is 14.9 Å². The average molecular weight is 415 g/mol. The topological polar surface area (TPSA) is 80.8 Å². The smallest absolute Gasteiger partial charge is 0.257 e. The largest absolute Gasteiger partial charge is 0.466 e. The Labute approximate surface area is 179 Å². The van der Waals surface area contributed by atoms with Crippen molar-refractivity contribution in [3.8, 4) is 6.07 Å². The van der Waals surface area contributed by atoms with Crippen LogP contribution < -0.4 is 0 Å². The van der Waals surface area contributed by atoms with Crippen molar-refractivity contribution in [3.05, 3.63) is 23.2 Å². The van der Waals surface area contributed by atoms with Crippen molar-refractivity contribution in [1.29, 1.82) is 5.26 Å². The van der Waals surface area contributed by atoms with Crippen molar-refractivity contribution in [3.63, 3.8) is 0 Å². The summed E-state index contributed by atoms with van der Waals surface area (Å²) in [6.45, 7) is 10.2. The van der Waals surface area contributed by atoms with Gasteiger partial charge in [0.15, 0.2) is 0 Å². The molecule has 2 amide bonds. The second kappa shape index (κ2) is 8.81. The van der Waals surface area contributed by atoms with Gasteiger partial charge in [0.25, 0.3) is 5.91 Å². The number of carbonyl (C=O) groups is 2. The second-order valence-corrected chi connectivity index (χ2v) is 9.05. The van der Waals surface area contributed by atoms with Gasteiger partial charge in [-0.2, -0.15) is 5.26 Å². The molecule has 1 unspecified atom stereocenters. The number of nitriles is 1. The van der Waals surface area contributed by atoms with Crippen LogP contribution in [-0.4, -0.2) is 71.3 Å². The number of aryl methyl sites for hydroxylation is 2. The van der Waals surface area contributed by atoms with E-state index >= 15 is 0 Å². The molecule has 1 aliphatic heterocycles. The number of likely N-dealkylation sites (N-methyl/N-ethyl adjacent to an activating group) is 1. The number of carbonyl (C=O) groups excluding carboxylic acids is 2. The van der Waals surface area contributed by atoms with Gasteiger partial charge in [0.1, 0.15) is 17.1 Å². The van der Waals surface area contributed by atoms with Crippen molar-refractivity contribution in [2.24, 2.45) is 5.92 Å². The second-order valence-electron chi connectivity index (χ2n) is 9.05. The van der Waals surface area contributed by atoms with E-state index in [1.807, 2.05) is 25.7 Å². The summed E-state index contributed by atoms with van der Waals surface area (Å²) < 4.78 is 5.49. The summed E-state index contributed by atoms with van der Waals surface area (Å²) in [6, 6.07) is 3.93. The molecule has 1 saturated carbocycles. The predicted molar refractivity (Wildman–Crippen MR) is 114 cm³/mol. The summed E-state index contributed by atoms with van der Waals surface area (Å²) in [6.07, 6.45) is 3.44. The van der Waals surface area contributed by atoms with E-state index in [4.69, 9.17) is 4.42 Å². The minimum absolute atomic E-state index is 0.00724. The molecule has 30 heavy (non-hydrogen) atoms. The molecule has 3 rings (SSSR count). The van der Waals surface area contributed by atoms with E-state index in [0.29, 0.717) is 43.4 Å². The van der Waals surface area contributed by atoms with Crippen molar-refractivity contribution in [1.82, 2.24) is 14.7 Å². The highest BCUT2D eigenvalue weighted by atomic mass is 16.3. The normalized spacial score (nSPS) is 26.1. The molecule has 0 radical (unpaired) electrons. The molecule has 0 spiro atoms. The van der Waals surface area contributed by atoms with Gasteiger partial charge in [-0.1, -0.05) is 6.92 Å². The van der Waals surface area contributed by atoms with Crippen molar-refractivity contribution in [2.45, 2.75) is 65.0 Å². The van der Waals surface area contributed by atoms with Crippen LogP contribution in [-0.2, 0) is 4.79 Å². The monoisotopic (exact) mass is 414 g/mol. The Bertz CT molecular complexity index is 824. The SMILES string of the molecule is Cc1cc(C(=O)N2CCN(C(C)C(=O)N(C)C3(C#N)CCC(C)CC3)CC2)c(C)o1. The third-order valence-corrected chi connectivity index (χ3v) is 7.06.